The van der Waals surface area contributed by atoms with Gasteiger partial charge >= 0.3 is 0 Å². The van der Waals surface area contributed by atoms with E-state index in [9.17, 15) is 25.3 Å². The van der Waals surface area contributed by atoms with Crippen LogP contribution in [0.25, 0.3) is 0 Å². The summed E-state index contributed by atoms with van der Waals surface area (Å²) in [7, 11) is -11.6. The van der Waals surface area contributed by atoms with Gasteiger partial charge in [-0.3, -0.25) is 17.4 Å². The monoisotopic (exact) mass is 701 g/mol. The zero-order chi connectivity index (χ0) is 33.1. The molecule has 3 rings (SSSR count). The summed E-state index contributed by atoms with van der Waals surface area (Å²) in [6.45, 7) is 1.78. The molecule has 3 aromatic rings. The van der Waals surface area contributed by atoms with Gasteiger partial charge in [-0.05, 0) is 36.4 Å². The Balaban J connectivity index is 1.36. The molecule has 0 radical (unpaired) electrons. The van der Waals surface area contributed by atoms with Crippen LogP contribution in [0, 0.1) is 0 Å². The van der Waals surface area contributed by atoms with Crippen molar-refractivity contribution in [2.75, 3.05) is 79.1 Å². The van der Waals surface area contributed by atoms with Crippen molar-refractivity contribution >= 4 is 30.4 Å². The Kier molecular flexibility index (Phi) is 16.2. The maximum absolute atomic E-state index is 12.2. The summed E-state index contributed by atoms with van der Waals surface area (Å²) < 4.78 is 105. The lowest BCUT2D eigenvalue weighted by molar-refractivity contribution is 0.0377. The van der Waals surface area contributed by atoms with E-state index in [1.54, 1.807) is 54.6 Å². The molecule has 0 aromatic heterocycles. The summed E-state index contributed by atoms with van der Waals surface area (Å²) in [6, 6.07) is 23.4. The van der Waals surface area contributed by atoms with Crippen molar-refractivity contribution in [1.29, 1.82) is 0 Å². The van der Waals surface area contributed by atoms with Crippen LogP contribution in [0.2, 0.25) is 0 Å². The molecular weight excluding hydrogens is 663 g/mol. The second kappa shape index (κ2) is 19.8. The molecule has 3 aromatic carbocycles. The fourth-order valence-electron chi connectivity index (χ4n) is 3.80. The molecule has 0 fully saturated rings. The molecule has 13 nitrogen and oxygen atoms in total. The molecular formula is C30H39NO12S3. The first-order valence-electron chi connectivity index (χ1n) is 14.4. The average molecular weight is 702 g/mol. The Morgan fingerprint density at radius 3 is 0.891 bits per heavy atom. The van der Waals surface area contributed by atoms with Gasteiger partial charge in [-0.25, -0.2) is 0 Å². The summed E-state index contributed by atoms with van der Waals surface area (Å²) in [5.41, 5.74) is 0. The minimum Gasteiger partial charge on any atom is -0.378 e. The van der Waals surface area contributed by atoms with Crippen molar-refractivity contribution in [2.24, 2.45) is 0 Å². The molecule has 0 bridgehead atoms. The third-order valence-electron chi connectivity index (χ3n) is 6.15. The quantitative estimate of drug-likeness (QED) is 0.0991. The topological polar surface area (TPSA) is 161 Å². The van der Waals surface area contributed by atoms with Crippen LogP contribution in [0.1, 0.15) is 0 Å². The largest absolute Gasteiger partial charge is 0.378 e. The molecule has 16 heteroatoms. The van der Waals surface area contributed by atoms with E-state index in [2.05, 4.69) is 0 Å². The predicted octanol–water partition coefficient (Wildman–Crippen LogP) is 2.55. The van der Waals surface area contributed by atoms with Gasteiger partial charge in [0.2, 0.25) is 0 Å². The van der Waals surface area contributed by atoms with Gasteiger partial charge in [0.15, 0.2) is 0 Å². The van der Waals surface area contributed by atoms with Crippen molar-refractivity contribution in [3.8, 4) is 0 Å². The number of ether oxygens (including phenoxy) is 3. The van der Waals surface area contributed by atoms with Gasteiger partial charge < -0.3 is 14.2 Å². The van der Waals surface area contributed by atoms with E-state index < -0.39 is 30.4 Å². The van der Waals surface area contributed by atoms with Crippen LogP contribution < -0.4 is 0 Å². The van der Waals surface area contributed by atoms with Crippen LogP contribution in [0.3, 0.4) is 0 Å². The lowest BCUT2D eigenvalue weighted by atomic mass is 10.4. The van der Waals surface area contributed by atoms with Crippen molar-refractivity contribution in [3.63, 3.8) is 0 Å². The van der Waals surface area contributed by atoms with E-state index in [-0.39, 0.29) is 74.1 Å². The maximum Gasteiger partial charge on any atom is 0.297 e. The van der Waals surface area contributed by atoms with Crippen molar-refractivity contribution < 1.29 is 52.0 Å². The molecule has 0 saturated heterocycles. The van der Waals surface area contributed by atoms with Crippen molar-refractivity contribution in [3.05, 3.63) is 91.0 Å². The zero-order valence-corrected chi connectivity index (χ0v) is 27.7. The highest BCUT2D eigenvalue weighted by molar-refractivity contribution is 7.87. The summed E-state index contributed by atoms with van der Waals surface area (Å²) in [6.07, 6.45) is 0. The highest BCUT2D eigenvalue weighted by Gasteiger charge is 2.16. The Morgan fingerprint density at radius 1 is 0.370 bits per heavy atom. The van der Waals surface area contributed by atoms with Gasteiger partial charge in [-0.1, -0.05) is 54.6 Å². The van der Waals surface area contributed by atoms with Crippen LogP contribution in [0.15, 0.2) is 106 Å². The molecule has 0 atom stereocenters. The van der Waals surface area contributed by atoms with Crippen molar-refractivity contribution in [1.82, 2.24) is 4.90 Å². The molecule has 254 valence electrons. The van der Waals surface area contributed by atoms with E-state index in [1.807, 2.05) is 4.90 Å². The molecule has 0 spiro atoms. The first-order chi connectivity index (χ1) is 22.1. The highest BCUT2D eigenvalue weighted by atomic mass is 32.2. The number of nitrogens with zero attached hydrogens (tertiary/aromatic N) is 1. The Hall–Kier alpha value is -2.77. The van der Waals surface area contributed by atoms with E-state index in [0.717, 1.165) is 0 Å². The third-order valence-corrected chi connectivity index (χ3v) is 10.1. The van der Waals surface area contributed by atoms with Gasteiger partial charge in [-0.15, -0.1) is 0 Å². The number of hydrogen-bond donors (Lipinski definition) is 0. The molecule has 0 saturated carbocycles. The summed E-state index contributed by atoms with van der Waals surface area (Å²) >= 11 is 0. The second-order valence-electron chi connectivity index (χ2n) is 9.45. The van der Waals surface area contributed by atoms with E-state index in [4.69, 9.17) is 26.8 Å². The van der Waals surface area contributed by atoms with Gasteiger partial charge in [0.25, 0.3) is 30.4 Å². The molecule has 0 aliphatic carbocycles. The molecule has 46 heavy (non-hydrogen) atoms. The van der Waals surface area contributed by atoms with Crippen LogP contribution >= 0.6 is 0 Å². The van der Waals surface area contributed by atoms with Crippen LogP contribution in [0.4, 0.5) is 0 Å². The molecule has 0 aliphatic heterocycles. The molecule has 0 heterocycles. The number of hydrogen-bond acceptors (Lipinski definition) is 13. The second-order valence-corrected chi connectivity index (χ2v) is 14.3. The lowest BCUT2D eigenvalue weighted by Crippen LogP contribution is -2.34. The van der Waals surface area contributed by atoms with Crippen LogP contribution in [-0.2, 0) is 57.1 Å². The number of benzene rings is 3. The van der Waals surface area contributed by atoms with Crippen LogP contribution in [0.5, 0.6) is 0 Å². The summed E-state index contributed by atoms with van der Waals surface area (Å²) in [4.78, 5) is 2.15. The molecule has 0 unspecified atom stereocenters. The minimum atomic E-state index is -3.87. The Bertz CT molecular complexity index is 1400. The van der Waals surface area contributed by atoms with Gasteiger partial charge in [0.05, 0.1) is 74.1 Å². The highest BCUT2D eigenvalue weighted by Crippen LogP contribution is 2.13. The minimum absolute atomic E-state index is 0.0490. The van der Waals surface area contributed by atoms with Gasteiger partial charge in [0, 0.05) is 19.6 Å². The van der Waals surface area contributed by atoms with Gasteiger partial charge in [-0.2, -0.15) is 25.3 Å². The van der Waals surface area contributed by atoms with E-state index in [0.29, 0.717) is 19.6 Å². The first kappa shape index (κ1) is 37.7. The maximum atomic E-state index is 12.2. The standard InChI is InChI=1S/C30H39NO12S3/c32-44(33,28-10-4-1-5-11-28)41-25-22-38-19-16-31(17-20-39-23-26-42-45(34,35)29-12-6-2-7-13-29)18-21-40-24-27-43-46(36,37)30-14-8-3-9-15-30/h1-15H,16-27H2. The summed E-state index contributed by atoms with van der Waals surface area (Å²) in [5.74, 6) is 0. The Labute approximate surface area is 271 Å². The fraction of sp³-hybridized carbons (Fsp3) is 0.400. The first-order valence-corrected chi connectivity index (χ1v) is 18.6. The van der Waals surface area contributed by atoms with E-state index in [1.165, 1.54) is 36.4 Å². The average Bonchev–Trinajstić information content (AvgIpc) is 3.06. The van der Waals surface area contributed by atoms with Crippen LogP contribution in [-0.4, -0.2) is 109 Å². The van der Waals surface area contributed by atoms with Gasteiger partial charge in [0.1, 0.15) is 0 Å². The lowest BCUT2D eigenvalue weighted by Gasteiger charge is -2.22. The molecule has 0 amide bonds. The number of rotatable bonds is 24. The predicted molar refractivity (Wildman–Crippen MR) is 168 cm³/mol. The fourth-order valence-corrected chi connectivity index (χ4v) is 6.54. The molecule has 0 N–H and O–H groups in total. The normalized spacial score (nSPS) is 12.5. The summed E-state index contributed by atoms with van der Waals surface area (Å²) in [5, 5.41) is 0. The van der Waals surface area contributed by atoms with Crippen molar-refractivity contribution in [2.45, 2.75) is 14.7 Å². The molecule has 0 aliphatic rings. The third kappa shape index (κ3) is 13.9. The SMILES string of the molecule is O=S(=O)(OCCOCCN(CCOCCOS(=O)(=O)c1ccccc1)CCOCCOS(=O)(=O)c1ccccc1)c1ccccc1. The van der Waals surface area contributed by atoms with E-state index >= 15 is 0 Å². The Morgan fingerprint density at radius 2 is 0.630 bits per heavy atom. The zero-order valence-electron chi connectivity index (χ0n) is 25.2. The smallest absolute Gasteiger partial charge is 0.297 e.